The van der Waals surface area contributed by atoms with E-state index in [0.717, 1.165) is 25.1 Å². The third-order valence-corrected chi connectivity index (χ3v) is 2.72. The average Bonchev–Trinajstić information content (AvgIpc) is 2.28. The summed E-state index contributed by atoms with van der Waals surface area (Å²) in [7, 11) is 0. The van der Waals surface area contributed by atoms with E-state index in [-0.39, 0.29) is 5.91 Å². The molecular formula is C12H16N2O. The highest BCUT2D eigenvalue weighted by Crippen LogP contribution is 2.18. The summed E-state index contributed by atoms with van der Waals surface area (Å²) < 4.78 is 0. The van der Waals surface area contributed by atoms with Gasteiger partial charge in [-0.25, -0.2) is 0 Å². The number of carbonyl (C=O) groups is 1. The number of rotatable bonds is 2. The Kier molecular flexibility index (Phi) is 3.02. The van der Waals surface area contributed by atoms with Crippen molar-refractivity contribution in [1.82, 2.24) is 10.6 Å². The van der Waals surface area contributed by atoms with Crippen molar-refractivity contribution < 1.29 is 4.79 Å². The first kappa shape index (κ1) is 10.2. The summed E-state index contributed by atoms with van der Waals surface area (Å²) in [5, 5.41) is 6.16. The van der Waals surface area contributed by atoms with Gasteiger partial charge in [0.25, 0.3) is 5.91 Å². The Morgan fingerprint density at radius 1 is 1.53 bits per heavy atom. The number of nitrogens with one attached hydrogen (secondary N) is 2. The normalized spacial score (nSPS) is 14.5. The Morgan fingerprint density at radius 3 is 3.20 bits per heavy atom. The van der Waals surface area contributed by atoms with Crippen molar-refractivity contribution in [2.24, 2.45) is 0 Å². The monoisotopic (exact) mass is 204 g/mol. The maximum Gasteiger partial charge on any atom is 0.251 e. The van der Waals surface area contributed by atoms with Crippen molar-refractivity contribution in [3.05, 3.63) is 34.9 Å². The van der Waals surface area contributed by atoms with Gasteiger partial charge in [0, 0.05) is 18.7 Å². The van der Waals surface area contributed by atoms with E-state index in [4.69, 9.17) is 0 Å². The van der Waals surface area contributed by atoms with Gasteiger partial charge in [0.2, 0.25) is 0 Å². The fourth-order valence-corrected chi connectivity index (χ4v) is 2.00. The Bertz CT molecular complexity index is 374. The molecule has 1 aromatic carbocycles. The molecule has 2 N–H and O–H groups in total. The van der Waals surface area contributed by atoms with Crippen molar-refractivity contribution in [3.8, 4) is 0 Å². The molecule has 3 heteroatoms. The lowest BCUT2D eigenvalue weighted by molar-refractivity contribution is 0.0954. The maximum atomic E-state index is 11.8. The summed E-state index contributed by atoms with van der Waals surface area (Å²) in [5.74, 6) is 0.0521. The molecule has 15 heavy (non-hydrogen) atoms. The smallest absolute Gasteiger partial charge is 0.251 e. The van der Waals surface area contributed by atoms with Crippen molar-refractivity contribution in [3.63, 3.8) is 0 Å². The minimum atomic E-state index is 0.0521. The van der Waals surface area contributed by atoms with Crippen LogP contribution in [0.1, 0.15) is 28.4 Å². The van der Waals surface area contributed by atoms with Crippen LogP contribution in [0.3, 0.4) is 0 Å². The second kappa shape index (κ2) is 4.45. The van der Waals surface area contributed by atoms with Crippen LogP contribution in [-0.2, 0) is 13.0 Å². The number of carbonyl (C=O) groups excluding carboxylic acids is 1. The minimum absolute atomic E-state index is 0.0521. The first-order valence-electron chi connectivity index (χ1n) is 5.42. The molecule has 0 bridgehead atoms. The van der Waals surface area contributed by atoms with Gasteiger partial charge in [0.05, 0.1) is 0 Å². The Labute approximate surface area is 89.9 Å². The topological polar surface area (TPSA) is 41.1 Å². The van der Waals surface area contributed by atoms with Crippen LogP contribution in [-0.4, -0.2) is 19.0 Å². The highest BCUT2D eigenvalue weighted by molar-refractivity contribution is 5.96. The third kappa shape index (κ3) is 2.02. The molecule has 3 nitrogen and oxygen atoms in total. The van der Waals surface area contributed by atoms with Gasteiger partial charge in [-0.2, -0.15) is 0 Å². The van der Waals surface area contributed by atoms with Crippen molar-refractivity contribution in [2.45, 2.75) is 19.9 Å². The van der Waals surface area contributed by atoms with E-state index >= 15 is 0 Å². The van der Waals surface area contributed by atoms with Crippen LogP contribution >= 0.6 is 0 Å². The van der Waals surface area contributed by atoms with Crippen LogP contribution in [0, 0.1) is 0 Å². The molecule has 1 heterocycles. The first-order chi connectivity index (χ1) is 7.33. The van der Waals surface area contributed by atoms with Gasteiger partial charge in [-0.1, -0.05) is 12.1 Å². The molecule has 0 aliphatic carbocycles. The van der Waals surface area contributed by atoms with Gasteiger partial charge in [-0.15, -0.1) is 0 Å². The molecule has 0 fully saturated rings. The van der Waals surface area contributed by atoms with E-state index in [2.05, 4.69) is 16.7 Å². The SMILES string of the molecule is CCNC(=O)c1cccc2c1CCNC2. The zero-order valence-corrected chi connectivity index (χ0v) is 8.97. The standard InChI is InChI=1S/C12H16N2O/c1-2-14-12(15)11-5-3-4-9-8-13-7-6-10(9)11/h3-5,13H,2,6-8H2,1H3,(H,14,15). The van der Waals surface area contributed by atoms with Gasteiger partial charge in [-0.3, -0.25) is 4.79 Å². The molecule has 0 spiro atoms. The highest BCUT2D eigenvalue weighted by atomic mass is 16.1. The molecular weight excluding hydrogens is 188 g/mol. The van der Waals surface area contributed by atoms with E-state index < -0.39 is 0 Å². The molecule has 1 aliphatic heterocycles. The van der Waals surface area contributed by atoms with Gasteiger partial charge in [0.15, 0.2) is 0 Å². The molecule has 0 atom stereocenters. The molecule has 0 saturated carbocycles. The fourth-order valence-electron chi connectivity index (χ4n) is 2.00. The third-order valence-electron chi connectivity index (χ3n) is 2.72. The van der Waals surface area contributed by atoms with Crippen LogP contribution in [0.2, 0.25) is 0 Å². The lowest BCUT2D eigenvalue weighted by Crippen LogP contribution is -2.29. The summed E-state index contributed by atoms with van der Waals surface area (Å²) >= 11 is 0. The van der Waals surface area contributed by atoms with Crippen molar-refractivity contribution >= 4 is 5.91 Å². The number of fused-ring (bicyclic) bond motifs is 1. The predicted molar refractivity (Wildman–Crippen MR) is 59.9 cm³/mol. The van der Waals surface area contributed by atoms with E-state index in [0.29, 0.717) is 6.54 Å². The summed E-state index contributed by atoms with van der Waals surface area (Å²) in [4.78, 5) is 11.8. The molecule has 0 aromatic heterocycles. The maximum absolute atomic E-state index is 11.8. The molecule has 0 radical (unpaired) electrons. The molecule has 80 valence electrons. The Hall–Kier alpha value is -1.35. The summed E-state index contributed by atoms with van der Waals surface area (Å²) in [6, 6.07) is 5.95. The van der Waals surface area contributed by atoms with Gasteiger partial charge < -0.3 is 10.6 Å². The lowest BCUT2D eigenvalue weighted by atomic mass is 9.95. The fraction of sp³-hybridized carbons (Fsp3) is 0.417. The Morgan fingerprint density at radius 2 is 2.40 bits per heavy atom. The van der Waals surface area contributed by atoms with E-state index in [1.165, 1.54) is 11.1 Å². The van der Waals surface area contributed by atoms with Crippen LogP contribution in [0.25, 0.3) is 0 Å². The number of benzene rings is 1. The molecule has 0 saturated heterocycles. The van der Waals surface area contributed by atoms with Gasteiger partial charge in [-0.05, 0) is 37.1 Å². The summed E-state index contributed by atoms with van der Waals surface area (Å²) in [5.41, 5.74) is 3.31. The van der Waals surface area contributed by atoms with E-state index in [1.54, 1.807) is 0 Å². The zero-order valence-electron chi connectivity index (χ0n) is 8.97. The lowest BCUT2D eigenvalue weighted by Gasteiger charge is -2.19. The average molecular weight is 204 g/mol. The van der Waals surface area contributed by atoms with E-state index in [9.17, 15) is 4.79 Å². The first-order valence-corrected chi connectivity index (χ1v) is 5.42. The van der Waals surface area contributed by atoms with Crippen LogP contribution in [0.4, 0.5) is 0 Å². The molecule has 2 rings (SSSR count). The number of hydrogen-bond donors (Lipinski definition) is 2. The van der Waals surface area contributed by atoms with E-state index in [1.807, 2.05) is 19.1 Å². The predicted octanol–water partition coefficient (Wildman–Crippen LogP) is 1.08. The zero-order chi connectivity index (χ0) is 10.7. The van der Waals surface area contributed by atoms with Gasteiger partial charge >= 0.3 is 0 Å². The second-order valence-electron chi connectivity index (χ2n) is 3.73. The quantitative estimate of drug-likeness (QED) is 0.757. The van der Waals surface area contributed by atoms with Crippen molar-refractivity contribution in [2.75, 3.05) is 13.1 Å². The summed E-state index contributed by atoms with van der Waals surface area (Å²) in [6.07, 6.45) is 0.947. The van der Waals surface area contributed by atoms with Crippen molar-refractivity contribution in [1.29, 1.82) is 0 Å². The minimum Gasteiger partial charge on any atom is -0.352 e. The number of hydrogen-bond acceptors (Lipinski definition) is 2. The summed E-state index contributed by atoms with van der Waals surface area (Å²) in [6.45, 7) is 4.46. The molecule has 1 aromatic rings. The van der Waals surface area contributed by atoms with Crippen LogP contribution in [0.5, 0.6) is 0 Å². The molecule has 0 unspecified atom stereocenters. The van der Waals surface area contributed by atoms with Crippen LogP contribution in [0.15, 0.2) is 18.2 Å². The van der Waals surface area contributed by atoms with Gasteiger partial charge in [0.1, 0.15) is 0 Å². The molecule has 1 aliphatic rings. The Balaban J connectivity index is 2.34. The largest absolute Gasteiger partial charge is 0.352 e. The number of amides is 1. The second-order valence-corrected chi connectivity index (χ2v) is 3.73. The molecule has 1 amide bonds. The van der Waals surface area contributed by atoms with Crippen LogP contribution < -0.4 is 10.6 Å². The highest BCUT2D eigenvalue weighted by Gasteiger charge is 2.16.